The fourth-order valence-electron chi connectivity index (χ4n) is 2.45. The zero-order valence-electron chi connectivity index (χ0n) is 13.3. The Balaban J connectivity index is 2.07. The van der Waals surface area contributed by atoms with Gasteiger partial charge >= 0.3 is 0 Å². The molecule has 3 aromatic rings. The number of thiazole rings is 1. The summed E-state index contributed by atoms with van der Waals surface area (Å²) in [4.78, 5) is 5.92. The highest BCUT2D eigenvalue weighted by atomic mass is 32.1. The smallest absolute Gasteiger partial charge is 0.161 e. The van der Waals surface area contributed by atoms with Crippen LogP contribution in [0, 0.1) is 6.92 Å². The summed E-state index contributed by atoms with van der Waals surface area (Å²) in [7, 11) is 3.26. The molecule has 2 aromatic carbocycles. The predicted octanol–water partition coefficient (Wildman–Crippen LogP) is 4.38. The lowest BCUT2D eigenvalue weighted by Crippen LogP contribution is -1.91. The third-order valence-corrected chi connectivity index (χ3v) is 4.65. The summed E-state index contributed by atoms with van der Waals surface area (Å²) < 4.78 is 10.7. The first-order chi connectivity index (χ1) is 11.1. The van der Waals surface area contributed by atoms with Crippen LogP contribution >= 0.6 is 11.3 Å². The second-order valence-corrected chi connectivity index (χ2v) is 6.28. The quantitative estimate of drug-likeness (QED) is 0.723. The maximum absolute atomic E-state index is 6.06. The Bertz CT molecular complexity index is 843. The molecule has 5 heteroatoms. The molecule has 4 nitrogen and oxygen atoms in total. The minimum Gasteiger partial charge on any atom is -0.493 e. The summed E-state index contributed by atoms with van der Waals surface area (Å²) >= 11 is 1.64. The first-order valence-corrected chi connectivity index (χ1v) is 8.00. The first-order valence-electron chi connectivity index (χ1n) is 7.18. The molecule has 1 heterocycles. The molecule has 0 unspecified atom stereocenters. The highest BCUT2D eigenvalue weighted by Gasteiger charge is 2.15. The van der Waals surface area contributed by atoms with Gasteiger partial charge in [0.1, 0.15) is 5.01 Å². The van der Waals surface area contributed by atoms with E-state index in [2.05, 4.69) is 6.92 Å². The number of aromatic nitrogens is 1. The Morgan fingerprint density at radius 3 is 2.43 bits per heavy atom. The number of rotatable bonds is 4. The maximum atomic E-state index is 6.06. The topological polar surface area (TPSA) is 57.4 Å². The summed E-state index contributed by atoms with van der Waals surface area (Å²) in [5.41, 5.74) is 9.70. The molecule has 0 fully saturated rings. The lowest BCUT2D eigenvalue weighted by molar-refractivity contribution is 0.355. The van der Waals surface area contributed by atoms with Crippen LogP contribution in [0.4, 0.5) is 5.69 Å². The number of ether oxygens (including phenoxy) is 2. The molecular weight excluding hydrogens is 308 g/mol. The van der Waals surface area contributed by atoms with Crippen molar-refractivity contribution in [2.24, 2.45) is 0 Å². The fourth-order valence-corrected chi connectivity index (χ4v) is 3.44. The van der Waals surface area contributed by atoms with Crippen molar-refractivity contribution in [1.82, 2.24) is 4.98 Å². The number of nitrogens with zero attached hydrogens (tertiary/aromatic N) is 1. The van der Waals surface area contributed by atoms with Crippen LogP contribution in [0.5, 0.6) is 11.5 Å². The molecule has 0 saturated carbocycles. The van der Waals surface area contributed by atoms with Crippen molar-refractivity contribution in [3.8, 4) is 33.3 Å². The molecule has 0 atom stereocenters. The zero-order chi connectivity index (χ0) is 16.4. The van der Waals surface area contributed by atoms with Crippen LogP contribution in [0.3, 0.4) is 0 Å². The monoisotopic (exact) mass is 326 g/mol. The SMILES string of the molecule is COc1ccc(-c2nc(-c3ccccc3N)sc2C)cc1OC. The second-order valence-electron chi connectivity index (χ2n) is 5.08. The van der Waals surface area contributed by atoms with Gasteiger partial charge in [-0.3, -0.25) is 0 Å². The van der Waals surface area contributed by atoms with Gasteiger partial charge in [-0.1, -0.05) is 12.1 Å². The molecule has 0 spiro atoms. The fraction of sp³-hybridized carbons (Fsp3) is 0.167. The summed E-state index contributed by atoms with van der Waals surface area (Å²) in [5, 5.41) is 0.922. The van der Waals surface area contributed by atoms with Crippen LogP contribution in [0.25, 0.3) is 21.8 Å². The molecule has 1 aromatic heterocycles. The van der Waals surface area contributed by atoms with Crippen molar-refractivity contribution < 1.29 is 9.47 Å². The highest BCUT2D eigenvalue weighted by molar-refractivity contribution is 7.15. The molecular formula is C18H18N2O2S. The van der Waals surface area contributed by atoms with Gasteiger partial charge in [-0.15, -0.1) is 11.3 Å². The zero-order valence-corrected chi connectivity index (χ0v) is 14.1. The molecule has 0 radical (unpaired) electrons. The van der Waals surface area contributed by atoms with Gasteiger partial charge < -0.3 is 15.2 Å². The largest absolute Gasteiger partial charge is 0.493 e. The summed E-state index contributed by atoms with van der Waals surface area (Å²) in [6.07, 6.45) is 0. The molecule has 118 valence electrons. The third-order valence-electron chi connectivity index (χ3n) is 3.64. The van der Waals surface area contributed by atoms with E-state index in [0.717, 1.165) is 32.4 Å². The van der Waals surface area contributed by atoms with Crippen molar-refractivity contribution >= 4 is 17.0 Å². The number of hydrogen-bond acceptors (Lipinski definition) is 5. The number of hydrogen-bond donors (Lipinski definition) is 1. The van der Waals surface area contributed by atoms with Crippen LogP contribution < -0.4 is 15.2 Å². The van der Waals surface area contributed by atoms with E-state index in [0.29, 0.717) is 11.5 Å². The molecule has 3 rings (SSSR count). The molecule has 0 aliphatic carbocycles. The molecule has 0 aliphatic heterocycles. The van der Waals surface area contributed by atoms with E-state index in [1.807, 2.05) is 42.5 Å². The lowest BCUT2D eigenvalue weighted by atomic mass is 10.1. The van der Waals surface area contributed by atoms with E-state index < -0.39 is 0 Å². The number of anilines is 1. The standard InChI is InChI=1S/C18H18N2O2S/c1-11-17(12-8-9-15(21-2)16(10-12)22-3)20-18(23-11)13-6-4-5-7-14(13)19/h4-10H,19H2,1-3H3. The number of benzene rings is 2. The molecule has 0 aliphatic rings. The number of nitrogens with two attached hydrogens (primary N) is 1. The Labute approximate surface area is 139 Å². The van der Waals surface area contributed by atoms with E-state index in [1.165, 1.54) is 0 Å². The molecule has 0 amide bonds. The van der Waals surface area contributed by atoms with Gasteiger partial charge in [0.2, 0.25) is 0 Å². The van der Waals surface area contributed by atoms with Crippen molar-refractivity contribution in [1.29, 1.82) is 0 Å². The van der Waals surface area contributed by atoms with Crippen LogP contribution in [-0.4, -0.2) is 19.2 Å². The number of methoxy groups -OCH3 is 2. The lowest BCUT2D eigenvalue weighted by Gasteiger charge is -2.08. The van der Waals surface area contributed by atoms with Crippen molar-refractivity contribution in [3.05, 3.63) is 47.3 Å². The average molecular weight is 326 g/mol. The van der Waals surface area contributed by atoms with Gasteiger partial charge in [-0.25, -0.2) is 4.98 Å². The Morgan fingerprint density at radius 1 is 1.00 bits per heavy atom. The van der Waals surface area contributed by atoms with Crippen LogP contribution in [-0.2, 0) is 0 Å². The molecule has 2 N–H and O–H groups in total. The van der Waals surface area contributed by atoms with Crippen LogP contribution in [0.1, 0.15) is 4.88 Å². The van der Waals surface area contributed by atoms with Gasteiger partial charge in [0.05, 0.1) is 19.9 Å². The number of aryl methyl sites for hydroxylation is 1. The summed E-state index contributed by atoms with van der Waals surface area (Å²) in [6, 6.07) is 13.6. The Hall–Kier alpha value is -2.53. The van der Waals surface area contributed by atoms with Crippen molar-refractivity contribution in [2.45, 2.75) is 6.92 Å². The number of nitrogen functional groups attached to an aromatic ring is 1. The van der Waals surface area contributed by atoms with E-state index in [-0.39, 0.29) is 0 Å². The minimum atomic E-state index is 0.693. The minimum absolute atomic E-state index is 0.693. The predicted molar refractivity (Wildman–Crippen MR) is 95.2 cm³/mol. The summed E-state index contributed by atoms with van der Waals surface area (Å²) in [5.74, 6) is 1.40. The van der Waals surface area contributed by atoms with Crippen LogP contribution in [0.15, 0.2) is 42.5 Å². The van der Waals surface area contributed by atoms with Gasteiger partial charge in [0.25, 0.3) is 0 Å². The van der Waals surface area contributed by atoms with Gasteiger partial charge in [0, 0.05) is 21.7 Å². The number of para-hydroxylation sites is 1. The average Bonchev–Trinajstić information content (AvgIpc) is 2.96. The van der Waals surface area contributed by atoms with E-state index in [4.69, 9.17) is 20.2 Å². The van der Waals surface area contributed by atoms with Gasteiger partial charge in [-0.05, 0) is 37.3 Å². The molecule has 0 saturated heterocycles. The van der Waals surface area contributed by atoms with E-state index in [9.17, 15) is 0 Å². The molecule has 23 heavy (non-hydrogen) atoms. The third kappa shape index (κ3) is 2.87. The van der Waals surface area contributed by atoms with E-state index in [1.54, 1.807) is 25.6 Å². The van der Waals surface area contributed by atoms with E-state index >= 15 is 0 Å². The first kappa shape index (κ1) is 15.4. The summed E-state index contributed by atoms with van der Waals surface area (Å²) in [6.45, 7) is 2.06. The maximum Gasteiger partial charge on any atom is 0.161 e. The van der Waals surface area contributed by atoms with Gasteiger partial charge in [0.15, 0.2) is 11.5 Å². The highest BCUT2D eigenvalue weighted by Crippen LogP contribution is 2.38. The van der Waals surface area contributed by atoms with Crippen molar-refractivity contribution in [3.63, 3.8) is 0 Å². The Morgan fingerprint density at radius 2 is 1.74 bits per heavy atom. The Kier molecular flexibility index (Phi) is 4.21. The normalized spacial score (nSPS) is 10.6. The molecule has 0 bridgehead atoms. The van der Waals surface area contributed by atoms with Gasteiger partial charge in [-0.2, -0.15) is 0 Å². The van der Waals surface area contributed by atoms with Crippen molar-refractivity contribution in [2.75, 3.05) is 20.0 Å². The second kappa shape index (κ2) is 6.30. The van der Waals surface area contributed by atoms with Crippen LogP contribution in [0.2, 0.25) is 0 Å².